The highest BCUT2D eigenvalue weighted by atomic mass is 16.6. The molecule has 0 aromatic heterocycles. The third kappa shape index (κ3) is 2.90. The summed E-state index contributed by atoms with van der Waals surface area (Å²) in [5, 5.41) is 0. The standard InChI is InChI=1S/C25H34O3.CH2O/c1-7-25(28-17(4)26)16(3)13-22-19-12-15(2)21-14-18(27)8-10-23(21,5)20(19)9-11-24(22,25)6;1-2/h12,14,19-20,22H,3,7-11,13H2,1-2,4-6H3;1H2/t19?,20?,22?,23-,24+,25-;/m1./s1. The molecule has 0 amide bonds. The van der Waals surface area contributed by atoms with Crippen LogP contribution in [0.2, 0.25) is 0 Å². The summed E-state index contributed by atoms with van der Waals surface area (Å²) in [5.74, 6) is 1.50. The van der Waals surface area contributed by atoms with E-state index in [0.29, 0.717) is 24.2 Å². The number of ketones is 1. The average Bonchev–Trinajstić information content (AvgIpc) is 2.92. The van der Waals surface area contributed by atoms with E-state index in [9.17, 15) is 9.59 Å². The van der Waals surface area contributed by atoms with Crippen molar-refractivity contribution in [3.63, 3.8) is 0 Å². The second kappa shape index (κ2) is 7.62. The fourth-order valence-electron chi connectivity index (χ4n) is 7.61. The van der Waals surface area contributed by atoms with E-state index in [1.165, 1.54) is 18.1 Å². The van der Waals surface area contributed by atoms with Crippen molar-refractivity contribution in [3.05, 3.63) is 35.5 Å². The number of carbonyl (C=O) groups excluding carboxylic acids is 3. The van der Waals surface area contributed by atoms with Crippen molar-refractivity contribution in [2.75, 3.05) is 0 Å². The maximum absolute atomic E-state index is 12.1. The van der Waals surface area contributed by atoms with Crippen molar-refractivity contribution in [1.82, 2.24) is 0 Å². The van der Waals surface area contributed by atoms with Gasteiger partial charge in [0.1, 0.15) is 12.4 Å². The fourth-order valence-corrected chi connectivity index (χ4v) is 7.61. The molecule has 4 aliphatic rings. The Balaban J connectivity index is 0.00000124. The minimum atomic E-state index is -0.546. The molecule has 3 unspecified atom stereocenters. The van der Waals surface area contributed by atoms with Gasteiger partial charge < -0.3 is 9.53 Å². The van der Waals surface area contributed by atoms with Gasteiger partial charge in [-0.05, 0) is 79.4 Å². The first kappa shape index (κ1) is 22.7. The number of ether oxygens (including phenoxy) is 1. The summed E-state index contributed by atoms with van der Waals surface area (Å²) < 4.78 is 6.07. The average molecular weight is 413 g/mol. The lowest BCUT2D eigenvalue weighted by atomic mass is 9.47. The number of carbonyl (C=O) groups is 3. The van der Waals surface area contributed by atoms with Crippen LogP contribution < -0.4 is 0 Å². The zero-order valence-corrected chi connectivity index (χ0v) is 19.2. The Kier molecular flexibility index (Phi) is 5.77. The molecular formula is C26H36O4. The van der Waals surface area contributed by atoms with E-state index in [1.807, 2.05) is 12.9 Å². The normalized spacial score (nSPS) is 42.0. The number of hydrogen-bond acceptors (Lipinski definition) is 4. The van der Waals surface area contributed by atoms with E-state index in [2.05, 4.69) is 40.3 Å². The maximum Gasteiger partial charge on any atom is 0.303 e. The molecule has 4 rings (SSSR count). The third-order valence-corrected chi connectivity index (χ3v) is 9.00. The molecule has 0 aliphatic heterocycles. The van der Waals surface area contributed by atoms with Crippen LogP contribution in [0.4, 0.5) is 0 Å². The van der Waals surface area contributed by atoms with Crippen LogP contribution in [0, 0.1) is 28.6 Å². The first-order valence-electron chi connectivity index (χ1n) is 11.2. The van der Waals surface area contributed by atoms with Gasteiger partial charge in [-0.25, -0.2) is 0 Å². The molecule has 0 aromatic rings. The Morgan fingerprint density at radius 2 is 1.90 bits per heavy atom. The molecule has 4 aliphatic carbocycles. The Morgan fingerprint density at radius 1 is 1.23 bits per heavy atom. The Hall–Kier alpha value is -1.97. The van der Waals surface area contributed by atoms with Gasteiger partial charge in [0.05, 0.1) is 0 Å². The predicted octanol–water partition coefficient (Wildman–Crippen LogP) is 5.38. The van der Waals surface area contributed by atoms with Crippen LogP contribution in [0.15, 0.2) is 35.5 Å². The zero-order chi connectivity index (χ0) is 22.5. The van der Waals surface area contributed by atoms with Gasteiger partial charge in [-0.2, -0.15) is 0 Å². The molecule has 0 spiro atoms. The van der Waals surface area contributed by atoms with Crippen LogP contribution in [0.25, 0.3) is 0 Å². The third-order valence-electron chi connectivity index (χ3n) is 9.00. The number of allylic oxidation sites excluding steroid dienone is 4. The van der Waals surface area contributed by atoms with E-state index in [1.54, 1.807) is 0 Å². The zero-order valence-electron chi connectivity index (χ0n) is 19.2. The second-order valence-electron chi connectivity index (χ2n) is 10.1. The molecule has 2 fully saturated rings. The summed E-state index contributed by atoms with van der Waals surface area (Å²) in [6, 6.07) is 0. The topological polar surface area (TPSA) is 60.4 Å². The largest absolute Gasteiger partial charge is 0.454 e. The Bertz CT molecular complexity index is 836. The highest BCUT2D eigenvalue weighted by Crippen LogP contribution is 2.69. The second-order valence-corrected chi connectivity index (χ2v) is 10.1. The summed E-state index contributed by atoms with van der Waals surface area (Å²) >= 11 is 0. The number of esters is 1. The summed E-state index contributed by atoms with van der Waals surface area (Å²) in [5.41, 5.74) is 3.09. The first-order chi connectivity index (χ1) is 14.1. The predicted molar refractivity (Wildman–Crippen MR) is 118 cm³/mol. The van der Waals surface area contributed by atoms with Gasteiger partial charge >= 0.3 is 5.97 Å². The Labute approximate surface area is 180 Å². The van der Waals surface area contributed by atoms with Crippen molar-refractivity contribution in [1.29, 1.82) is 0 Å². The number of rotatable bonds is 2. The monoisotopic (exact) mass is 412 g/mol. The molecule has 0 heterocycles. The minimum Gasteiger partial charge on any atom is -0.454 e. The van der Waals surface area contributed by atoms with E-state index in [4.69, 9.17) is 9.53 Å². The SMILES string of the molecule is C=C1CC2C3C=C(C)C4=CC(=O)CC[C@]4(C)C3CC[C@]2(C)[C@]1(CC)OC(C)=O.C=O. The summed E-state index contributed by atoms with van der Waals surface area (Å²) in [6.45, 7) is 17.0. The molecule has 2 saturated carbocycles. The van der Waals surface area contributed by atoms with Crippen LogP contribution in [0.3, 0.4) is 0 Å². The Morgan fingerprint density at radius 3 is 2.50 bits per heavy atom. The maximum atomic E-state index is 12.1. The molecule has 0 bridgehead atoms. The van der Waals surface area contributed by atoms with Crippen molar-refractivity contribution >= 4 is 18.5 Å². The van der Waals surface area contributed by atoms with Gasteiger partial charge in [0.2, 0.25) is 0 Å². The molecule has 0 radical (unpaired) electrons. The van der Waals surface area contributed by atoms with Gasteiger partial charge in [0, 0.05) is 18.8 Å². The van der Waals surface area contributed by atoms with Gasteiger partial charge in [-0.3, -0.25) is 9.59 Å². The van der Waals surface area contributed by atoms with E-state index >= 15 is 0 Å². The van der Waals surface area contributed by atoms with E-state index in [-0.39, 0.29) is 22.6 Å². The quantitative estimate of drug-likeness (QED) is 0.451. The molecule has 0 saturated heterocycles. The smallest absolute Gasteiger partial charge is 0.303 e. The van der Waals surface area contributed by atoms with Gasteiger partial charge in [0.25, 0.3) is 0 Å². The number of hydrogen-bond donors (Lipinski definition) is 0. The van der Waals surface area contributed by atoms with E-state index in [0.717, 1.165) is 37.7 Å². The summed E-state index contributed by atoms with van der Waals surface area (Å²) in [6.07, 6.45) is 9.84. The number of fused-ring (bicyclic) bond motifs is 5. The lowest BCUT2D eigenvalue weighted by Crippen LogP contribution is -2.55. The molecule has 30 heavy (non-hydrogen) atoms. The van der Waals surface area contributed by atoms with Crippen LogP contribution >= 0.6 is 0 Å². The van der Waals surface area contributed by atoms with Gasteiger partial charge in [-0.1, -0.05) is 39.0 Å². The fraction of sp³-hybridized carbons (Fsp3) is 0.654. The highest BCUT2D eigenvalue weighted by Gasteiger charge is 2.66. The van der Waals surface area contributed by atoms with Crippen molar-refractivity contribution in [3.8, 4) is 0 Å². The van der Waals surface area contributed by atoms with Crippen molar-refractivity contribution in [2.24, 2.45) is 28.6 Å². The van der Waals surface area contributed by atoms with Gasteiger partial charge in [0.15, 0.2) is 5.78 Å². The van der Waals surface area contributed by atoms with Crippen LogP contribution in [0.1, 0.15) is 73.1 Å². The van der Waals surface area contributed by atoms with Crippen LogP contribution in [0.5, 0.6) is 0 Å². The van der Waals surface area contributed by atoms with Crippen molar-refractivity contribution in [2.45, 2.75) is 78.7 Å². The molecular weight excluding hydrogens is 376 g/mol. The summed E-state index contributed by atoms with van der Waals surface area (Å²) in [7, 11) is 0. The molecule has 0 N–H and O–H groups in total. The lowest BCUT2D eigenvalue weighted by Gasteiger charge is -2.58. The van der Waals surface area contributed by atoms with E-state index < -0.39 is 5.60 Å². The molecule has 0 aromatic carbocycles. The first-order valence-corrected chi connectivity index (χ1v) is 11.2. The molecule has 164 valence electrons. The van der Waals surface area contributed by atoms with Crippen molar-refractivity contribution < 1.29 is 19.1 Å². The highest BCUT2D eigenvalue weighted by molar-refractivity contribution is 5.92. The minimum absolute atomic E-state index is 0.0789. The summed E-state index contributed by atoms with van der Waals surface area (Å²) in [4.78, 5) is 32.1. The lowest BCUT2D eigenvalue weighted by molar-refractivity contribution is -0.173. The van der Waals surface area contributed by atoms with Gasteiger partial charge in [-0.15, -0.1) is 0 Å². The molecule has 4 nitrogen and oxygen atoms in total. The van der Waals surface area contributed by atoms with Crippen LogP contribution in [-0.4, -0.2) is 24.1 Å². The molecule has 4 heteroatoms. The van der Waals surface area contributed by atoms with Crippen LogP contribution in [-0.2, 0) is 19.1 Å². The molecule has 6 atom stereocenters.